The van der Waals surface area contributed by atoms with Gasteiger partial charge in [-0.3, -0.25) is 9.44 Å². The maximum Gasteiger partial charge on any atom is 0.432 e. The molecule has 7 heteroatoms. The first-order valence-electron chi connectivity index (χ1n) is 4.77. The summed E-state index contributed by atoms with van der Waals surface area (Å²) < 4.78 is 32.0. The van der Waals surface area contributed by atoms with Crippen LogP contribution in [0.4, 0.5) is 0 Å². The minimum Gasteiger partial charge on any atom is -0.274 e. The van der Waals surface area contributed by atoms with Gasteiger partial charge in [0.2, 0.25) is 0 Å². The van der Waals surface area contributed by atoms with E-state index in [1.165, 1.54) is 12.1 Å². The average Bonchev–Trinajstić information content (AvgIpc) is 2.25. The second-order valence-electron chi connectivity index (χ2n) is 3.64. The third-order valence-corrected chi connectivity index (χ3v) is 2.25. The summed E-state index contributed by atoms with van der Waals surface area (Å²) in [6, 6.07) is 6.39. The third-order valence-electron chi connectivity index (χ3n) is 2.01. The molecule has 0 aliphatic heterocycles. The number of hydrogen-bond donors (Lipinski definition) is 1. The summed E-state index contributed by atoms with van der Waals surface area (Å²) in [5.74, 6) is -0.688. The van der Waals surface area contributed by atoms with E-state index < -0.39 is 16.4 Å². The molecule has 6 nitrogen and oxygen atoms in total. The Morgan fingerprint density at radius 1 is 1.24 bits per heavy atom. The van der Waals surface area contributed by atoms with Crippen molar-refractivity contribution in [3.05, 3.63) is 35.4 Å². The highest BCUT2D eigenvalue weighted by atomic mass is 32.3. The van der Waals surface area contributed by atoms with Gasteiger partial charge in [0.15, 0.2) is 0 Å². The molecule has 0 atom stereocenters. The third kappa shape index (κ3) is 4.51. The summed E-state index contributed by atoms with van der Waals surface area (Å²) in [5.41, 5.74) is 1.15. The van der Waals surface area contributed by atoms with E-state index in [1.54, 1.807) is 12.1 Å². The molecule has 0 saturated carbocycles. The zero-order valence-corrected chi connectivity index (χ0v) is 10.1. The van der Waals surface area contributed by atoms with Crippen LogP contribution in [-0.4, -0.2) is 18.9 Å². The van der Waals surface area contributed by atoms with Crippen LogP contribution in [0, 0.1) is 0 Å². The lowest BCUT2D eigenvalue weighted by molar-refractivity contribution is -0.151. The van der Waals surface area contributed by atoms with Crippen LogP contribution in [0.1, 0.15) is 35.7 Å². The standard InChI is InChI=1S/C10H12O6S/c1-7(2)8-3-5-9(6-4-8)10(11)15-16-17(12,13)14/h3-7H,1-2H3,(H,12,13,14). The monoisotopic (exact) mass is 260 g/mol. The highest BCUT2D eigenvalue weighted by Crippen LogP contribution is 2.15. The van der Waals surface area contributed by atoms with E-state index in [1.807, 2.05) is 13.8 Å². The van der Waals surface area contributed by atoms with Gasteiger partial charge in [0.25, 0.3) is 0 Å². The number of benzene rings is 1. The van der Waals surface area contributed by atoms with E-state index in [0.717, 1.165) is 5.56 Å². The van der Waals surface area contributed by atoms with Crippen molar-refractivity contribution < 1.29 is 27.0 Å². The predicted octanol–water partition coefficient (Wildman–Crippen LogP) is 1.70. The van der Waals surface area contributed by atoms with Crippen molar-refractivity contribution in [3.8, 4) is 0 Å². The van der Waals surface area contributed by atoms with Crippen molar-refractivity contribution >= 4 is 16.4 Å². The van der Waals surface area contributed by atoms with Crippen LogP contribution in [0.15, 0.2) is 24.3 Å². The second-order valence-corrected chi connectivity index (χ2v) is 4.63. The van der Waals surface area contributed by atoms with Crippen molar-refractivity contribution in [1.82, 2.24) is 0 Å². The predicted molar refractivity (Wildman–Crippen MR) is 58.6 cm³/mol. The maximum atomic E-state index is 11.2. The van der Waals surface area contributed by atoms with E-state index in [4.69, 9.17) is 4.55 Å². The molecular formula is C10H12O6S. The van der Waals surface area contributed by atoms with Crippen molar-refractivity contribution in [2.75, 3.05) is 0 Å². The second kappa shape index (κ2) is 5.26. The molecule has 1 aromatic rings. The van der Waals surface area contributed by atoms with Gasteiger partial charge in [-0.25, -0.2) is 4.79 Å². The Balaban J connectivity index is 2.70. The Labute approximate surface area is 99.0 Å². The Morgan fingerprint density at radius 2 is 1.76 bits per heavy atom. The average molecular weight is 260 g/mol. The normalized spacial score (nSPS) is 11.5. The molecule has 0 radical (unpaired) electrons. The van der Waals surface area contributed by atoms with Gasteiger partial charge in [-0.15, -0.1) is 0 Å². The number of carbonyl (C=O) groups is 1. The molecule has 0 fully saturated rings. The van der Waals surface area contributed by atoms with Gasteiger partial charge >= 0.3 is 16.4 Å². The molecule has 0 spiro atoms. The number of carbonyl (C=O) groups excluding carboxylic acids is 1. The van der Waals surface area contributed by atoms with Gasteiger partial charge in [0.05, 0.1) is 5.56 Å². The smallest absolute Gasteiger partial charge is 0.274 e. The lowest BCUT2D eigenvalue weighted by atomic mass is 10.0. The van der Waals surface area contributed by atoms with Crippen LogP contribution < -0.4 is 0 Å². The van der Waals surface area contributed by atoms with Crippen LogP contribution in [0.2, 0.25) is 0 Å². The van der Waals surface area contributed by atoms with Gasteiger partial charge in [-0.2, -0.15) is 8.42 Å². The Bertz CT molecular complexity index is 488. The summed E-state index contributed by atoms with van der Waals surface area (Å²) in [4.78, 5) is 15.2. The van der Waals surface area contributed by atoms with Crippen molar-refractivity contribution in [3.63, 3.8) is 0 Å². The maximum absolute atomic E-state index is 11.2. The van der Waals surface area contributed by atoms with Crippen molar-refractivity contribution in [2.45, 2.75) is 19.8 Å². The molecule has 0 aliphatic rings. The summed E-state index contributed by atoms with van der Waals surface area (Å²) in [5, 5.41) is 0. The van der Waals surface area contributed by atoms with Crippen LogP contribution >= 0.6 is 0 Å². The summed E-state index contributed by atoms with van der Waals surface area (Å²) in [6.45, 7) is 3.99. The highest BCUT2D eigenvalue weighted by Gasteiger charge is 2.14. The van der Waals surface area contributed by atoms with Crippen LogP contribution in [0.3, 0.4) is 0 Å². The van der Waals surface area contributed by atoms with E-state index in [-0.39, 0.29) is 5.56 Å². The summed E-state index contributed by atoms with van der Waals surface area (Å²) in [6.07, 6.45) is 0. The van der Waals surface area contributed by atoms with E-state index in [2.05, 4.69) is 9.22 Å². The quantitative estimate of drug-likeness (QED) is 0.503. The lowest BCUT2D eigenvalue weighted by Gasteiger charge is -2.05. The zero-order valence-electron chi connectivity index (χ0n) is 9.28. The molecule has 0 unspecified atom stereocenters. The molecule has 1 aromatic carbocycles. The summed E-state index contributed by atoms with van der Waals surface area (Å²) >= 11 is 0. The SMILES string of the molecule is CC(C)c1ccc(C(=O)OOS(=O)(=O)O)cc1. The summed E-state index contributed by atoms with van der Waals surface area (Å²) in [7, 11) is -4.79. The Kier molecular flexibility index (Phi) is 4.22. The van der Waals surface area contributed by atoms with Crippen LogP contribution in [0.25, 0.3) is 0 Å². The fourth-order valence-electron chi connectivity index (χ4n) is 1.13. The van der Waals surface area contributed by atoms with Crippen LogP contribution in [-0.2, 0) is 19.6 Å². The molecule has 0 aromatic heterocycles. The molecule has 94 valence electrons. The molecule has 0 saturated heterocycles. The molecule has 0 aliphatic carbocycles. The molecule has 1 rings (SSSR count). The lowest BCUT2D eigenvalue weighted by Crippen LogP contribution is -2.11. The van der Waals surface area contributed by atoms with Gasteiger partial charge in [-0.1, -0.05) is 26.0 Å². The van der Waals surface area contributed by atoms with Gasteiger partial charge < -0.3 is 0 Å². The molecule has 0 bridgehead atoms. The zero-order chi connectivity index (χ0) is 13.1. The fraction of sp³-hybridized carbons (Fsp3) is 0.300. The number of hydrogen-bond acceptors (Lipinski definition) is 5. The molecule has 0 heterocycles. The topological polar surface area (TPSA) is 89.9 Å². The first-order valence-corrected chi connectivity index (χ1v) is 6.14. The van der Waals surface area contributed by atoms with E-state index in [9.17, 15) is 13.2 Å². The molecule has 0 amide bonds. The largest absolute Gasteiger partial charge is 0.432 e. The Hall–Kier alpha value is -1.44. The van der Waals surface area contributed by atoms with Gasteiger partial charge in [-0.05, 0) is 27.9 Å². The molecular weight excluding hydrogens is 248 g/mol. The fourth-order valence-corrected chi connectivity index (χ4v) is 1.27. The van der Waals surface area contributed by atoms with E-state index in [0.29, 0.717) is 5.92 Å². The van der Waals surface area contributed by atoms with Crippen molar-refractivity contribution in [2.24, 2.45) is 0 Å². The molecule has 1 N–H and O–H groups in total. The van der Waals surface area contributed by atoms with Gasteiger partial charge in [0.1, 0.15) is 0 Å². The molecule has 17 heavy (non-hydrogen) atoms. The van der Waals surface area contributed by atoms with Gasteiger partial charge in [0, 0.05) is 0 Å². The first-order chi connectivity index (χ1) is 7.79. The highest BCUT2D eigenvalue weighted by molar-refractivity contribution is 7.80. The Morgan fingerprint density at radius 3 is 2.18 bits per heavy atom. The minimum atomic E-state index is -4.79. The van der Waals surface area contributed by atoms with Crippen LogP contribution in [0.5, 0.6) is 0 Å². The minimum absolute atomic E-state index is 0.123. The van der Waals surface area contributed by atoms with Crippen molar-refractivity contribution in [1.29, 1.82) is 0 Å². The first kappa shape index (κ1) is 13.6. The van der Waals surface area contributed by atoms with E-state index >= 15 is 0 Å². The number of rotatable bonds is 4.